The van der Waals surface area contributed by atoms with Gasteiger partial charge in [0.1, 0.15) is 5.75 Å². The normalized spacial score (nSPS) is 12.5. The smallest absolute Gasteiger partial charge is 0.143 e. The van der Waals surface area contributed by atoms with Crippen LogP contribution in [0.15, 0.2) is 18.2 Å². The summed E-state index contributed by atoms with van der Waals surface area (Å²) in [6.07, 6.45) is 0.703. The van der Waals surface area contributed by atoms with Crippen LogP contribution in [0.1, 0.15) is 20.3 Å². The lowest BCUT2D eigenvalue weighted by Gasteiger charge is -2.24. The summed E-state index contributed by atoms with van der Waals surface area (Å²) < 4.78 is 5.17. The summed E-state index contributed by atoms with van der Waals surface area (Å²) in [5.74, 6) is 1.09. The summed E-state index contributed by atoms with van der Waals surface area (Å²) in [4.78, 5) is 0. The monoisotopic (exact) mass is 238 g/mol. The highest BCUT2D eigenvalue weighted by Gasteiger charge is 2.14. The number of nitrogens with one attached hydrogen (secondary N) is 1. The molecule has 0 spiro atoms. The van der Waals surface area contributed by atoms with Crippen LogP contribution in [0, 0.1) is 5.92 Å². The molecule has 0 fully saturated rings. The maximum absolute atomic E-state index is 9.04. The van der Waals surface area contributed by atoms with Gasteiger partial charge in [0.25, 0.3) is 0 Å². The van der Waals surface area contributed by atoms with Crippen LogP contribution in [0.2, 0.25) is 0 Å². The number of ether oxygens (including phenoxy) is 1. The molecule has 0 amide bonds. The lowest BCUT2D eigenvalue weighted by molar-refractivity contribution is 0.267. The maximum atomic E-state index is 9.04. The van der Waals surface area contributed by atoms with Gasteiger partial charge in [0.05, 0.1) is 18.5 Å². The molecular weight excluding hydrogens is 216 g/mol. The first kappa shape index (κ1) is 13.6. The van der Waals surface area contributed by atoms with Crippen molar-refractivity contribution in [1.29, 1.82) is 0 Å². The zero-order valence-corrected chi connectivity index (χ0v) is 10.7. The summed E-state index contributed by atoms with van der Waals surface area (Å²) in [6.45, 7) is 4.40. The minimum absolute atomic E-state index is 0.166. The molecule has 0 heterocycles. The van der Waals surface area contributed by atoms with Gasteiger partial charge < -0.3 is 20.9 Å². The predicted octanol–water partition coefficient (Wildman–Crippen LogP) is 2.10. The number of nitrogen functional groups attached to an aromatic ring is 1. The first-order valence-electron chi connectivity index (χ1n) is 5.90. The Balaban J connectivity index is 2.85. The minimum atomic E-state index is 0.166. The summed E-state index contributed by atoms with van der Waals surface area (Å²) in [7, 11) is 1.60. The maximum Gasteiger partial charge on any atom is 0.143 e. The highest BCUT2D eigenvalue weighted by molar-refractivity contribution is 5.73. The van der Waals surface area contributed by atoms with Crippen LogP contribution in [0.3, 0.4) is 0 Å². The van der Waals surface area contributed by atoms with Crippen molar-refractivity contribution in [2.45, 2.75) is 26.3 Å². The van der Waals surface area contributed by atoms with E-state index in [1.54, 1.807) is 7.11 Å². The molecule has 4 N–H and O–H groups in total. The van der Waals surface area contributed by atoms with E-state index in [2.05, 4.69) is 19.2 Å². The van der Waals surface area contributed by atoms with Crippen molar-refractivity contribution < 1.29 is 9.84 Å². The zero-order valence-electron chi connectivity index (χ0n) is 10.7. The number of benzene rings is 1. The van der Waals surface area contributed by atoms with Gasteiger partial charge in [-0.1, -0.05) is 19.9 Å². The second-order valence-corrected chi connectivity index (χ2v) is 4.43. The number of aliphatic hydroxyl groups is 1. The Hall–Kier alpha value is -1.42. The lowest BCUT2D eigenvalue weighted by Crippen LogP contribution is -2.27. The number of methoxy groups -OCH3 is 1. The van der Waals surface area contributed by atoms with E-state index in [0.29, 0.717) is 23.8 Å². The molecule has 0 radical (unpaired) electrons. The van der Waals surface area contributed by atoms with Gasteiger partial charge >= 0.3 is 0 Å². The zero-order chi connectivity index (χ0) is 12.8. The Morgan fingerprint density at radius 2 is 2.12 bits per heavy atom. The summed E-state index contributed by atoms with van der Waals surface area (Å²) in [6, 6.07) is 5.85. The topological polar surface area (TPSA) is 67.5 Å². The van der Waals surface area contributed by atoms with E-state index in [9.17, 15) is 0 Å². The number of hydrogen-bond acceptors (Lipinski definition) is 4. The van der Waals surface area contributed by atoms with Crippen LogP contribution < -0.4 is 15.8 Å². The quantitative estimate of drug-likeness (QED) is 0.664. The van der Waals surface area contributed by atoms with Gasteiger partial charge in [0, 0.05) is 12.6 Å². The Morgan fingerprint density at radius 1 is 1.41 bits per heavy atom. The van der Waals surface area contributed by atoms with Gasteiger partial charge in [0.2, 0.25) is 0 Å². The first-order chi connectivity index (χ1) is 8.10. The van der Waals surface area contributed by atoms with Gasteiger partial charge in [0.15, 0.2) is 0 Å². The van der Waals surface area contributed by atoms with Gasteiger partial charge in [-0.2, -0.15) is 0 Å². The van der Waals surface area contributed by atoms with E-state index < -0.39 is 0 Å². The number of para-hydroxylation sites is 1. The molecule has 4 nitrogen and oxygen atoms in total. The summed E-state index contributed by atoms with van der Waals surface area (Å²) >= 11 is 0. The Bertz CT molecular complexity index is 353. The van der Waals surface area contributed by atoms with Crippen molar-refractivity contribution in [2.24, 2.45) is 5.92 Å². The van der Waals surface area contributed by atoms with Crippen LogP contribution in [0.25, 0.3) is 0 Å². The molecule has 1 rings (SSSR count). The fourth-order valence-corrected chi connectivity index (χ4v) is 1.76. The molecule has 0 saturated carbocycles. The van der Waals surface area contributed by atoms with Crippen molar-refractivity contribution in [2.75, 3.05) is 24.8 Å². The lowest BCUT2D eigenvalue weighted by atomic mass is 10.0. The standard InChI is InChI=1S/C13H22N2O2/c1-9(2)10(7-8-16)15-11-5-4-6-12(17-3)13(11)14/h4-6,9-10,15-16H,7-8,14H2,1-3H3. The fourth-order valence-electron chi connectivity index (χ4n) is 1.76. The number of rotatable bonds is 6. The van der Waals surface area contributed by atoms with Crippen molar-refractivity contribution in [3.8, 4) is 5.75 Å². The van der Waals surface area contributed by atoms with E-state index in [4.69, 9.17) is 15.6 Å². The SMILES string of the molecule is COc1cccc(NC(CCO)C(C)C)c1N. The third-order valence-corrected chi connectivity index (χ3v) is 2.87. The second-order valence-electron chi connectivity index (χ2n) is 4.43. The molecule has 0 aliphatic rings. The second kappa shape index (κ2) is 6.35. The molecule has 0 aliphatic carbocycles. The third-order valence-electron chi connectivity index (χ3n) is 2.87. The molecule has 0 aliphatic heterocycles. The van der Waals surface area contributed by atoms with Gasteiger partial charge in [-0.25, -0.2) is 0 Å². The van der Waals surface area contributed by atoms with Crippen molar-refractivity contribution >= 4 is 11.4 Å². The largest absolute Gasteiger partial charge is 0.495 e. The van der Waals surface area contributed by atoms with Gasteiger partial charge in [-0.15, -0.1) is 0 Å². The molecule has 17 heavy (non-hydrogen) atoms. The fraction of sp³-hybridized carbons (Fsp3) is 0.538. The van der Waals surface area contributed by atoms with Crippen LogP contribution in [-0.4, -0.2) is 24.9 Å². The average molecular weight is 238 g/mol. The van der Waals surface area contributed by atoms with E-state index in [0.717, 1.165) is 5.69 Å². The molecule has 0 bridgehead atoms. The highest BCUT2D eigenvalue weighted by Crippen LogP contribution is 2.30. The van der Waals surface area contributed by atoms with E-state index in [-0.39, 0.29) is 12.6 Å². The van der Waals surface area contributed by atoms with Crippen molar-refractivity contribution in [3.63, 3.8) is 0 Å². The number of anilines is 2. The average Bonchev–Trinajstić information content (AvgIpc) is 2.30. The molecule has 0 aromatic heterocycles. The molecule has 1 aromatic rings. The third kappa shape index (κ3) is 3.53. The summed E-state index contributed by atoms with van der Waals surface area (Å²) in [5.41, 5.74) is 7.46. The molecule has 1 unspecified atom stereocenters. The van der Waals surface area contributed by atoms with Crippen LogP contribution >= 0.6 is 0 Å². The summed E-state index contributed by atoms with van der Waals surface area (Å²) in [5, 5.41) is 12.4. The first-order valence-corrected chi connectivity index (χ1v) is 5.90. The molecule has 1 atom stereocenters. The highest BCUT2D eigenvalue weighted by atomic mass is 16.5. The molecule has 0 saturated heterocycles. The predicted molar refractivity (Wildman–Crippen MR) is 71.4 cm³/mol. The number of aliphatic hydroxyl groups excluding tert-OH is 1. The minimum Gasteiger partial charge on any atom is -0.495 e. The van der Waals surface area contributed by atoms with E-state index >= 15 is 0 Å². The Morgan fingerprint density at radius 3 is 2.65 bits per heavy atom. The molecule has 1 aromatic carbocycles. The van der Waals surface area contributed by atoms with Crippen molar-refractivity contribution in [3.05, 3.63) is 18.2 Å². The number of nitrogens with two attached hydrogens (primary N) is 1. The van der Waals surface area contributed by atoms with Crippen molar-refractivity contribution in [1.82, 2.24) is 0 Å². The Kier molecular flexibility index (Phi) is 5.10. The van der Waals surface area contributed by atoms with Crippen LogP contribution in [0.4, 0.5) is 11.4 Å². The molecular formula is C13H22N2O2. The number of hydrogen-bond donors (Lipinski definition) is 3. The Labute approximate surface area is 103 Å². The van der Waals surface area contributed by atoms with E-state index in [1.807, 2.05) is 18.2 Å². The van der Waals surface area contributed by atoms with Crippen LogP contribution in [-0.2, 0) is 0 Å². The van der Waals surface area contributed by atoms with Gasteiger partial charge in [-0.3, -0.25) is 0 Å². The van der Waals surface area contributed by atoms with E-state index in [1.165, 1.54) is 0 Å². The van der Waals surface area contributed by atoms with Gasteiger partial charge in [-0.05, 0) is 24.5 Å². The van der Waals surface area contributed by atoms with Crippen LogP contribution in [0.5, 0.6) is 5.75 Å². The molecule has 4 heteroatoms. The molecule has 96 valence electrons.